The van der Waals surface area contributed by atoms with Gasteiger partial charge in [0.2, 0.25) is 15.9 Å². The Morgan fingerprint density at radius 2 is 1.73 bits per heavy atom. The molecule has 0 spiro atoms. The quantitative estimate of drug-likeness (QED) is 0.501. The number of phenols is 1. The van der Waals surface area contributed by atoms with Crippen molar-refractivity contribution in [3.05, 3.63) is 59.7 Å². The van der Waals surface area contributed by atoms with E-state index >= 15 is 0 Å². The van der Waals surface area contributed by atoms with Crippen LogP contribution in [0.25, 0.3) is 0 Å². The molecule has 1 heterocycles. The van der Waals surface area contributed by atoms with Crippen LogP contribution in [0, 0.1) is 17.2 Å². The monoisotopic (exact) mass is 470 g/mol. The fourth-order valence-corrected chi connectivity index (χ4v) is 5.07. The normalized spacial score (nSPS) is 14.9. The molecule has 0 aliphatic carbocycles. The molecule has 1 aliphatic rings. The molecule has 2 aromatic carbocycles. The first-order valence-electron chi connectivity index (χ1n) is 10.7. The van der Waals surface area contributed by atoms with E-state index in [1.807, 2.05) is 6.07 Å². The summed E-state index contributed by atoms with van der Waals surface area (Å²) >= 11 is 0. The molecule has 2 aromatic rings. The summed E-state index contributed by atoms with van der Waals surface area (Å²) in [4.78, 5) is 24.6. The Morgan fingerprint density at radius 3 is 2.36 bits per heavy atom. The summed E-state index contributed by atoms with van der Waals surface area (Å²) in [7, 11) is -3.66. The zero-order chi connectivity index (χ0) is 23.8. The maximum atomic E-state index is 12.8. The van der Waals surface area contributed by atoms with Crippen molar-refractivity contribution in [1.29, 1.82) is 5.26 Å². The maximum Gasteiger partial charge on any atom is 0.251 e. The third-order valence-electron chi connectivity index (χ3n) is 5.49. The van der Waals surface area contributed by atoms with Crippen LogP contribution >= 0.6 is 0 Å². The van der Waals surface area contributed by atoms with E-state index in [9.17, 15) is 23.1 Å². The third-order valence-corrected chi connectivity index (χ3v) is 7.41. The average molecular weight is 471 g/mol. The number of sulfonamides is 1. The number of phenolic OH excluding ortho intramolecular Hbond substituents is 1. The topological polar surface area (TPSA) is 140 Å². The predicted octanol–water partition coefficient (Wildman–Crippen LogP) is 1.60. The van der Waals surface area contributed by atoms with Crippen molar-refractivity contribution >= 4 is 21.8 Å². The minimum absolute atomic E-state index is 0.0191. The number of nitrogens with zero attached hydrogens (tertiary/aromatic N) is 2. The van der Waals surface area contributed by atoms with Gasteiger partial charge in [0.15, 0.2) is 0 Å². The van der Waals surface area contributed by atoms with E-state index in [1.165, 1.54) is 40.7 Å². The number of nitrogens with one attached hydrogen (secondary N) is 2. The largest absolute Gasteiger partial charge is 0.508 e. The molecule has 3 N–H and O–H groups in total. The van der Waals surface area contributed by atoms with Gasteiger partial charge < -0.3 is 15.7 Å². The van der Waals surface area contributed by atoms with Gasteiger partial charge >= 0.3 is 0 Å². The van der Waals surface area contributed by atoms with Crippen molar-refractivity contribution in [3.8, 4) is 11.8 Å². The number of benzene rings is 2. The Kier molecular flexibility index (Phi) is 8.03. The lowest BCUT2D eigenvalue weighted by Gasteiger charge is -2.30. The smallest absolute Gasteiger partial charge is 0.251 e. The highest BCUT2D eigenvalue weighted by molar-refractivity contribution is 7.89. The molecule has 33 heavy (non-hydrogen) atoms. The van der Waals surface area contributed by atoms with Crippen LogP contribution in [-0.2, 0) is 14.8 Å². The molecule has 1 saturated heterocycles. The highest BCUT2D eigenvalue weighted by Crippen LogP contribution is 2.24. The molecule has 1 aliphatic heterocycles. The van der Waals surface area contributed by atoms with E-state index in [4.69, 9.17) is 5.26 Å². The summed E-state index contributed by atoms with van der Waals surface area (Å²) in [5, 5.41) is 23.9. The highest BCUT2D eigenvalue weighted by Gasteiger charge is 2.31. The number of aromatic hydroxyl groups is 1. The first-order valence-corrected chi connectivity index (χ1v) is 12.1. The summed E-state index contributed by atoms with van der Waals surface area (Å²) < 4.78 is 26.9. The number of carbonyl (C=O) groups is 2. The van der Waals surface area contributed by atoms with Gasteiger partial charge in [0, 0.05) is 37.7 Å². The third kappa shape index (κ3) is 6.31. The van der Waals surface area contributed by atoms with Gasteiger partial charge in [0.1, 0.15) is 5.75 Å². The molecular weight excluding hydrogens is 444 g/mol. The van der Waals surface area contributed by atoms with Crippen LogP contribution < -0.4 is 10.6 Å². The predicted molar refractivity (Wildman–Crippen MR) is 121 cm³/mol. The Morgan fingerprint density at radius 1 is 1.06 bits per heavy atom. The van der Waals surface area contributed by atoms with Crippen molar-refractivity contribution in [2.75, 3.05) is 26.2 Å². The van der Waals surface area contributed by atoms with Crippen LogP contribution in [0.1, 0.15) is 35.2 Å². The molecule has 2 amide bonds. The molecule has 10 heteroatoms. The number of hydrogen-bond acceptors (Lipinski definition) is 6. The number of carbonyl (C=O) groups excluding carboxylic acids is 2. The van der Waals surface area contributed by atoms with E-state index in [0.717, 1.165) is 0 Å². The summed E-state index contributed by atoms with van der Waals surface area (Å²) in [6, 6.07) is 13.8. The van der Waals surface area contributed by atoms with Gasteiger partial charge in [-0.3, -0.25) is 9.59 Å². The Labute approximate surface area is 193 Å². The summed E-state index contributed by atoms with van der Waals surface area (Å²) in [6.45, 7) is 1.26. The lowest BCUT2D eigenvalue weighted by molar-refractivity contribution is -0.126. The van der Waals surface area contributed by atoms with Gasteiger partial charge in [-0.2, -0.15) is 9.57 Å². The van der Waals surface area contributed by atoms with Crippen molar-refractivity contribution < 1.29 is 23.1 Å². The van der Waals surface area contributed by atoms with E-state index < -0.39 is 10.0 Å². The van der Waals surface area contributed by atoms with Gasteiger partial charge in [0.25, 0.3) is 5.91 Å². The summed E-state index contributed by atoms with van der Waals surface area (Å²) in [6.07, 6.45) is 1.40. The lowest BCUT2D eigenvalue weighted by atomic mass is 9.97. The van der Waals surface area contributed by atoms with Crippen molar-refractivity contribution in [2.24, 2.45) is 5.92 Å². The van der Waals surface area contributed by atoms with E-state index in [-0.39, 0.29) is 41.5 Å². The molecule has 0 unspecified atom stereocenters. The van der Waals surface area contributed by atoms with E-state index in [0.29, 0.717) is 43.5 Å². The van der Waals surface area contributed by atoms with Crippen molar-refractivity contribution in [3.63, 3.8) is 0 Å². The molecule has 174 valence electrons. The van der Waals surface area contributed by atoms with E-state index in [2.05, 4.69) is 10.6 Å². The van der Waals surface area contributed by atoms with Gasteiger partial charge in [-0.25, -0.2) is 8.42 Å². The second-order valence-corrected chi connectivity index (χ2v) is 9.70. The number of nitriles is 1. The van der Waals surface area contributed by atoms with Crippen LogP contribution in [-0.4, -0.2) is 55.8 Å². The lowest BCUT2D eigenvalue weighted by Crippen LogP contribution is -2.43. The standard InChI is InChI=1S/C23H26N4O5S/c24-16-17-5-7-21(8-6-17)33(31,32)27-13-9-18(10-14-27)22(29)25-11-2-12-26-23(30)19-3-1-4-20(28)15-19/h1,3-8,15,18,28H,2,9-14H2,(H,25,29)(H,26,30). The number of rotatable bonds is 8. The van der Waals surface area contributed by atoms with Crippen LogP contribution in [0.2, 0.25) is 0 Å². The molecule has 0 saturated carbocycles. The molecule has 1 fully saturated rings. The van der Waals surface area contributed by atoms with Gasteiger partial charge in [-0.05, 0) is 61.7 Å². The Hall–Kier alpha value is -3.42. The molecular formula is C23H26N4O5S. The molecule has 0 bridgehead atoms. The highest BCUT2D eigenvalue weighted by atomic mass is 32.2. The summed E-state index contributed by atoms with van der Waals surface area (Å²) in [5.74, 6) is -0.664. The van der Waals surface area contributed by atoms with Crippen LogP contribution in [0.5, 0.6) is 5.75 Å². The molecule has 9 nitrogen and oxygen atoms in total. The SMILES string of the molecule is N#Cc1ccc(S(=O)(=O)N2CCC(C(=O)NCCCNC(=O)c3cccc(O)c3)CC2)cc1. The minimum Gasteiger partial charge on any atom is -0.508 e. The Balaban J connectivity index is 1.38. The Bertz CT molecular complexity index is 1130. The number of amides is 2. The minimum atomic E-state index is -3.66. The van der Waals surface area contributed by atoms with Crippen molar-refractivity contribution in [2.45, 2.75) is 24.2 Å². The van der Waals surface area contributed by atoms with Gasteiger partial charge in [-0.1, -0.05) is 6.07 Å². The maximum absolute atomic E-state index is 12.8. The number of piperidine rings is 1. The second kappa shape index (κ2) is 10.9. The van der Waals surface area contributed by atoms with Gasteiger partial charge in [0.05, 0.1) is 16.5 Å². The second-order valence-electron chi connectivity index (χ2n) is 7.77. The first kappa shape index (κ1) is 24.2. The van der Waals surface area contributed by atoms with E-state index in [1.54, 1.807) is 12.1 Å². The number of hydrogen-bond donors (Lipinski definition) is 3. The molecule has 0 radical (unpaired) electrons. The molecule has 3 rings (SSSR count). The molecule has 0 atom stereocenters. The zero-order valence-corrected chi connectivity index (χ0v) is 18.8. The fourth-order valence-electron chi connectivity index (χ4n) is 3.60. The average Bonchev–Trinajstić information content (AvgIpc) is 2.83. The van der Waals surface area contributed by atoms with Crippen LogP contribution in [0.15, 0.2) is 53.4 Å². The van der Waals surface area contributed by atoms with Crippen LogP contribution in [0.4, 0.5) is 0 Å². The molecule has 0 aromatic heterocycles. The summed E-state index contributed by atoms with van der Waals surface area (Å²) in [5.41, 5.74) is 0.755. The van der Waals surface area contributed by atoms with Crippen molar-refractivity contribution in [1.82, 2.24) is 14.9 Å². The first-order chi connectivity index (χ1) is 15.8. The zero-order valence-electron chi connectivity index (χ0n) is 18.0. The fraction of sp³-hybridized carbons (Fsp3) is 0.348. The van der Waals surface area contributed by atoms with Gasteiger partial charge in [-0.15, -0.1) is 0 Å². The van der Waals surface area contributed by atoms with Crippen LogP contribution in [0.3, 0.4) is 0 Å².